The van der Waals surface area contributed by atoms with E-state index in [0.717, 1.165) is 11.3 Å². The molecule has 1 fully saturated rings. The molecule has 2 aromatic rings. The summed E-state index contributed by atoms with van der Waals surface area (Å²) in [5, 5.41) is 0. The van der Waals surface area contributed by atoms with Crippen LogP contribution in [0.4, 0.5) is 4.79 Å². The molecular formula is C25H26N2O7. The van der Waals surface area contributed by atoms with Crippen LogP contribution in [0, 0.1) is 0 Å². The molecule has 0 unspecified atom stereocenters. The molecule has 2 heterocycles. The summed E-state index contributed by atoms with van der Waals surface area (Å²) in [7, 11) is 1.59. The minimum absolute atomic E-state index is 0.152. The minimum Gasteiger partial charge on any atom is -0.497 e. The molecule has 0 N–H and O–H groups in total. The Labute approximate surface area is 197 Å². The minimum atomic E-state index is -0.362. The number of Topliss-reactive ketones (excluding diaryl/α,β-unsaturated/α-hetero) is 1. The molecule has 9 heteroatoms. The zero-order valence-electron chi connectivity index (χ0n) is 19.1. The number of ether oxygens (including phenoxy) is 4. The molecule has 178 valence electrons. The lowest BCUT2D eigenvalue weighted by molar-refractivity contribution is -0.134. The van der Waals surface area contributed by atoms with E-state index in [0.29, 0.717) is 49.8 Å². The van der Waals surface area contributed by atoms with E-state index >= 15 is 0 Å². The Kier molecular flexibility index (Phi) is 7.01. The SMILES string of the molecule is CCOC(=O)N1CCN(C(=O)COc2ccc3c(c2)OC(=Cc2ccc(OC)cc2)C3=O)CC1. The maximum absolute atomic E-state index is 12.7. The number of allylic oxidation sites excluding steroid dienone is 1. The van der Waals surface area contributed by atoms with E-state index in [1.165, 1.54) is 0 Å². The van der Waals surface area contributed by atoms with Crippen molar-refractivity contribution in [2.75, 3.05) is 46.5 Å². The largest absolute Gasteiger partial charge is 0.497 e. The third-order valence-electron chi connectivity index (χ3n) is 5.58. The molecule has 2 amide bonds. The number of hydrogen-bond acceptors (Lipinski definition) is 7. The molecule has 0 saturated carbocycles. The Bertz CT molecular complexity index is 1100. The lowest BCUT2D eigenvalue weighted by Gasteiger charge is -2.33. The second-order valence-electron chi connectivity index (χ2n) is 7.73. The molecule has 2 aromatic carbocycles. The van der Waals surface area contributed by atoms with Crippen molar-refractivity contribution in [2.45, 2.75) is 6.92 Å². The first-order valence-electron chi connectivity index (χ1n) is 11.0. The highest BCUT2D eigenvalue weighted by Crippen LogP contribution is 2.35. The number of methoxy groups -OCH3 is 1. The zero-order chi connectivity index (χ0) is 24.1. The summed E-state index contributed by atoms with van der Waals surface area (Å²) in [5.74, 6) is 1.36. The molecule has 4 rings (SSSR count). The second kappa shape index (κ2) is 10.3. The van der Waals surface area contributed by atoms with Crippen LogP contribution < -0.4 is 14.2 Å². The first-order valence-corrected chi connectivity index (χ1v) is 11.0. The van der Waals surface area contributed by atoms with E-state index in [-0.39, 0.29) is 30.1 Å². The number of rotatable bonds is 6. The van der Waals surface area contributed by atoms with Gasteiger partial charge in [-0.05, 0) is 42.8 Å². The van der Waals surface area contributed by atoms with Gasteiger partial charge in [-0.25, -0.2) is 4.79 Å². The molecule has 2 aliphatic rings. The van der Waals surface area contributed by atoms with Gasteiger partial charge >= 0.3 is 6.09 Å². The van der Waals surface area contributed by atoms with Crippen molar-refractivity contribution in [1.29, 1.82) is 0 Å². The third kappa shape index (κ3) is 5.14. The molecule has 1 saturated heterocycles. The molecule has 0 atom stereocenters. The lowest BCUT2D eigenvalue weighted by atomic mass is 10.1. The van der Waals surface area contributed by atoms with Crippen molar-refractivity contribution in [1.82, 2.24) is 9.80 Å². The first-order chi connectivity index (χ1) is 16.5. The molecule has 0 radical (unpaired) electrons. The van der Waals surface area contributed by atoms with Gasteiger partial charge in [0.25, 0.3) is 5.91 Å². The predicted octanol–water partition coefficient (Wildman–Crippen LogP) is 2.99. The van der Waals surface area contributed by atoms with E-state index in [1.807, 2.05) is 12.1 Å². The average molecular weight is 466 g/mol. The van der Waals surface area contributed by atoms with Gasteiger partial charge in [-0.3, -0.25) is 9.59 Å². The number of piperazine rings is 1. The summed E-state index contributed by atoms with van der Waals surface area (Å²) < 4.78 is 21.5. The Morgan fingerprint density at radius 2 is 1.68 bits per heavy atom. The third-order valence-corrected chi connectivity index (χ3v) is 5.58. The summed E-state index contributed by atoms with van der Waals surface area (Å²) in [6.45, 7) is 3.60. The summed E-state index contributed by atoms with van der Waals surface area (Å²) in [5.41, 5.74) is 1.25. The number of hydrogen-bond donors (Lipinski definition) is 0. The fourth-order valence-electron chi connectivity index (χ4n) is 3.70. The van der Waals surface area contributed by atoms with E-state index in [2.05, 4.69) is 0 Å². The van der Waals surface area contributed by atoms with Gasteiger partial charge in [0.15, 0.2) is 12.4 Å². The van der Waals surface area contributed by atoms with E-state index in [9.17, 15) is 14.4 Å². The van der Waals surface area contributed by atoms with Gasteiger partial charge in [-0.15, -0.1) is 0 Å². The second-order valence-corrected chi connectivity index (χ2v) is 7.73. The maximum Gasteiger partial charge on any atom is 0.409 e. The van der Waals surface area contributed by atoms with E-state index in [1.54, 1.807) is 60.2 Å². The molecule has 9 nitrogen and oxygen atoms in total. The molecule has 0 bridgehead atoms. The number of nitrogens with zero attached hydrogens (tertiary/aromatic N) is 2. The van der Waals surface area contributed by atoms with Gasteiger partial charge in [-0.1, -0.05) is 12.1 Å². The Morgan fingerprint density at radius 3 is 2.35 bits per heavy atom. The molecule has 0 aromatic heterocycles. The van der Waals surface area contributed by atoms with Crippen molar-refractivity contribution in [2.24, 2.45) is 0 Å². The number of amides is 2. The monoisotopic (exact) mass is 466 g/mol. The lowest BCUT2D eigenvalue weighted by Crippen LogP contribution is -2.51. The number of ketones is 1. The Morgan fingerprint density at radius 1 is 1.00 bits per heavy atom. The van der Waals surface area contributed by atoms with Crippen molar-refractivity contribution in [3.8, 4) is 17.2 Å². The maximum atomic E-state index is 12.7. The number of benzene rings is 2. The summed E-state index contributed by atoms with van der Waals surface area (Å²) >= 11 is 0. The van der Waals surface area contributed by atoms with Crippen molar-refractivity contribution in [3.63, 3.8) is 0 Å². The van der Waals surface area contributed by atoms with Crippen LogP contribution in [-0.4, -0.2) is 74.1 Å². The highest BCUT2D eigenvalue weighted by molar-refractivity contribution is 6.14. The molecule has 0 aliphatic carbocycles. The van der Waals surface area contributed by atoms with Crippen LogP contribution in [0.15, 0.2) is 48.2 Å². The molecule has 0 spiro atoms. The molecule has 2 aliphatic heterocycles. The quantitative estimate of drug-likeness (QED) is 0.604. The van der Waals surface area contributed by atoms with Gasteiger partial charge in [0, 0.05) is 32.2 Å². The fraction of sp³-hybridized carbons (Fsp3) is 0.320. The highest BCUT2D eigenvalue weighted by atomic mass is 16.6. The van der Waals surface area contributed by atoms with Crippen LogP contribution in [0.5, 0.6) is 17.2 Å². The predicted molar refractivity (Wildman–Crippen MR) is 123 cm³/mol. The summed E-state index contributed by atoms with van der Waals surface area (Å²) in [6, 6.07) is 12.1. The van der Waals surface area contributed by atoms with Crippen LogP contribution in [-0.2, 0) is 9.53 Å². The molecule has 34 heavy (non-hydrogen) atoms. The summed E-state index contributed by atoms with van der Waals surface area (Å²) in [4.78, 5) is 40.2. The molecular weight excluding hydrogens is 440 g/mol. The average Bonchev–Trinajstić information content (AvgIpc) is 3.17. The zero-order valence-corrected chi connectivity index (χ0v) is 19.1. The van der Waals surface area contributed by atoms with Gasteiger partial charge in [0.1, 0.15) is 17.2 Å². The highest BCUT2D eigenvalue weighted by Gasteiger charge is 2.28. The number of carbonyl (C=O) groups is 3. The smallest absolute Gasteiger partial charge is 0.409 e. The standard InChI is InChI=1S/C25H26N2O7/c1-3-32-25(30)27-12-10-26(11-13-27)23(28)16-33-19-8-9-20-21(15-19)34-22(24(20)29)14-17-4-6-18(31-2)7-5-17/h4-9,14-15H,3,10-13,16H2,1-2H3. The topological polar surface area (TPSA) is 94.6 Å². The van der Waals surface area contributed by atoms with Crippen LogP contribution >= 0.6 is 0 Å². The van der Waals surface area contributed by atoms with Crippen molar-refractivity contribution >= 4 is 23.9 Å². The van der Waals surface area contributed by atoms with Crippen molar-refractivity contribution in [3.05, 3.63) is 59.4 Å². The first kappa shape index (κ1) is 23.2. The van der Waals surface area contributed by atoms with E-state index < -0.39 is 0 Å². The van der Waals surface area contributed by atoms with Crippen molar-refractivity contribution < 1.29 is 33.3 Å². The van der Waals surface area contributed by atoms with Crippen LogP contribution in [0.25, 0.3) is 6.08 Å². The fourth-order valence-corrected chi connectivity index (χ4v) is 3.70. The van der Waals surface area contributed by atoms with Gasteiger partial charge in [0.05, 0.1) is 19.3 Å². The number of carbonyl (C=O) groups excluding carboxylic acids is 3. The Balaban J connectivity index is 1.33. The van der Waals surface area contributed by atoms with E-state index in [4.69, 9.17) is 18.9 Å². The summed E-state index contributed by atoms with van der Waals surface area (Å²) in [6.07, 6.45) is 1.31. The van der Waals surface area contributed by atoms with Gasteiger partial charge < -0.3 is 28.7 Å². The van der Waals surface area contributed by atoms with Crippen LogP contribution in [0.1, 0.15) is 22.8 Å². The number of fused-ring (bicyclic) bond motifs is 1. The van der Waals surface area contributed by atoms with Crippen LogP contribution in [0.2, 0.25) is 0 Å². The normalized spacial score (nSPS) is 16.2. The van der Waals surface area contributed by atoms with Crippen LogP contribution in [0.3, 0.4) is 0 Å². The Hall–Kier alpha value is -4.01. The van der Waals surface area contributed by atoms with Gasteiger partial charge in [0.2, 0.25) is 5.78 Å². The van der Waals surface area contributed by atoms with Gasteiger partial charge in [-0.2, -0.15) is 0 Å².